The second kappa shape index (κ2) is 6.56. The molecule has 0 radical (unpaired) electrons. The Morgan fingerprint density at radius 2 is 1.95 bits per heavy atom. The second-order valence-corrected chi connectivity index (χ2v) is 4.29. The van der Waals surface area contributed by atoms with E-state index in [1.54, 1.807) is 0 Å². The second-order valence-electron chi connectivity index (χ2n) is 4.29. The summed E-state index contributed by atoms with van der Waals surface area (Å²) in [4.78, 5) is 22.2. The van der Waals surface area contributed by atoms with Crippen LogP contribution in [0, 0.1) is 0 Å². The largest absolute Gasteiger partial charge is 0.493 e. The van der Waals surface area contributed by atoms with E-state index in [4.69, 9.17) is 14.6 Å². The first-order valence-corrected chi connectivity index (χ1v) is 6.23. The van der Waals surface area contributed by atoms with Gasteiger partial charge in [0.2, 0.25) is 0 Å². The summed E-state index contributed by atoms with van der Waals surface area (Å²) in [6, 6.07) is 12.0. The predicted molar refractivity (Wildman–Crippen MR) is 76.1 cm³/mol. The number of aromatic carboxylic acids is 1. The Kier molecular flexibility index (Phi) is 4.56. The van der Waals surface area contributed by atoms with Crippen LogP contribution in [-0.2, 0) is 6.61 Å². The lowest BCUT2D eigenvalue weighted by molar-refractivity contribution is 0.0696. The molecule has 21 heavy (non-hydrogen) atoms. The number of benzene rings is 2. The molecule has 2 aromatic carbocycles. The highest BCUT2D eigenvalue weighted by Gasteiger charge is 2.16. The lowest BCUT2D eigenvalue weighted by Gasteiger charge is -2.13. The molecule has 0 aliphatic heterocycles. The van der Waals surface area contributed by atoms with Crippen molar-refractivity contribution >= 4 is 12.3 Å². The summed E-state index contributed by atoms with van der Waals surface area (Å²) in [6.45, 7) is 0.254. The minimum absolute atomic E-state index is 0.0268. The fourth-order valence-corrected chi connectivity index (χ4v) is 1.87. The van der Waals surface area contributed by atoms with Gasteiger partial charge in [0.15, 0.2) is 17.8 Å². The highest BCUT2D eigenvalue weighted by molar-refractivity contribution is 5.92. The molecule has 5 heteroatoms. The minimum Gasteiger partial charge on any atom is -0.493 e. The van der Waals surface area contributed by atoms with Crippen LogP contribution in [0.1, 0.15) is 26.3 Å². The van der Waals surface area contributed by atoms with E-state index >= 15 is 0 Å². The van der Waals surface area contributed by atoms with Crippen LogP contribution in [0.5, 0.6) is 11.5 Å². The van der Waals surface area contributed by atoms with Gasteiger partial charge in [-0.1, -0.05) is 30.3 Å². The Bertz CT molecular complexity index is 649. The van der Waals surface area contributed by atoms with Crippen LogP contribution in [-0.4, -0.2) is 24.5 Å². The van der Waals surface area contributed by atoms with E-state index in [0.29, 0.717) is 6.29 Å². The van der Waals surface area contributed by atoms with E-state index in [0.717, 1.165) is 5.56 Å². The zero-order chi connectivity index (χ0) is 15.2. The van der Waals surface area contributed by atoms with Gasteiger partial charge < -0.3 is 14.6 Å². The number of methoxy groups -OCH3 is 1. The van der Waals surface area contributed by atoms with Gasteiger partial charge in [0.25, 0.3) is 0 Å². The number of aldehydes is 1. The van der Waals surface area contributed by atoms with Gasteiger partial charge in [-0.15, -0.1) is 0 Å². The number of rotatable bonds is 6. The molecule has 1 N–H and O–H groups in total. The maximum absolute atomic E-state index is 11.2. The van der Waals surface area contributed by atoms with E-state index in [-0.39, 0.29) is 29.2 Å². The van der Waals surface area contributed by atoms with Crippen LogP contribution in [0.3, 0.4) is 0 Å². The molecule has 2 aromatic rings. The summed E-state index contributed by atoms with van der Waals surface area (Å²) in [5.74, 6) is -0.680. The molecule has 5 nitrogen and oxygen atoms in total. The Morgan fingerprint density at radius 1 is 1.24 bits per heavy atom. The molecule has 0 aromatic heterocycles. The fraction of sp³-hybridized carbons (Fsp3) is 0.125. The van der Waals surface area contributed by atoms with Gasteiger partial charge in [0.1, 0.15) is 6.61 Å². The molecule has 0 spiro atoms. The molecule has 0 heterocycles. The molecule has 0 unspecified atom stereocenters. The summed E-state index contributed by atoms with van der Waals surface area (Å²) in [6.07, 6.45) is 0.551. The van der Waals surface area contributed by atoms with Crippen LogP contribution in [0.4, 0.5) is 0 Å². The SMILES string of the molecule is COc1cc(C(=O)O)cc(C=O)c1OCc1ccccc1. The van der Waals surface area contributed by atoms with Gasteiger partial charge in [0, 0.05) is 0 Å². The van der Waals surface area contributed by atoms with Crippen LogP contribution >= 0.6 is 0 Å². The smallest absolute Gasteiger partial charge is 0.335 e. The van der Waals surface area contributed by atoms with Crippen molar-refractivity contribution in [1.29, 1.82) is 0 Å². The minimum atomic E-state index is -1.13. The topological polar surface area (TPSA) is 72.8 Å². The molecule has 108 valence electrons. The van der Waals surface area contributed by atoms with Crippen LogP contribution in [0.2, 0.25) is 0 Å². The van der Waals surface area contributed by atoms with Gasteiger partial charge in [-0.3, -0.25) is 4.79 Å². The number of carboxylic acids is 1. The Labute approximate surface area is 121 Å². The summed E-state index contributed by atoms with van der Waals surface area (Å²) in [5.41, 5.74) is 1.04. The van der Waals surface area contributed by atoms with E-state index in [1.165, 1.54) is 19.2 Å². The number of ether oxygens (including phenoxy) is 2. The summed E-state index contributed by atoms with van der Waals surface area (Å²) < 4.78 is 10.7. The number of carboxylic acid groups (broad SMARTS) is 1. The summed E-state index contributed by atoms with van der Waals surface area (Å²) in [5, 5.41) is 9.01. The van der Waals surface area contributed by atoms with E-state index in [9.17, 15) is 9.59 Å². The quantitative estimate of drug-likeness (QED) is 0.827. The number of carbonyl (C=O) groups is 2. The number of hydrogen-bond acceptors (Lipinski definition) is 4. The van der Waals surface area contributed by atoms with Crippen molar-refractivity contribution in [1.82, 2.24) is 0 Å². The first-order chi connectivity index (χ1) is 10.2. The van der Waals surface area contributed by atoms with Crippen LogP contribution in [0.25, 0.3) is 0 Å². The molecular formula is C16H14O5. The maximum atomic E-state index is 11.2. The average molecular weight is 286 g/mol. The molecule has 0 aliphatic rings. The number of carbonyl (C=O) groups excluding carboxylic acids is 1. The monoisotopic (exact) mass is 286 g/mol. The van der Waals surface area contributed by atoms with Gasteiger partial charge in [-0.25, -0.2) is 4.79 Å². The highest BCUT2D eigenvalue weighted by atomic mass is 16.5. The third-order valence-corrected chi connectivity index (χ3v) is 2.90. The van der Waals surface area contributed by atoms with Crippen molar-refractivity contribution in [2.75, 3.05) is 7.11 Å². The maximum Gasteiger partial charge on any atom is 0.335 e. The molecule has 0 fully saturated rings. The van der Waals surface area contributed by atoms with Crippen LogP contribution in [0.15, 0.2) is 42.5 Å². The van der Waals surface area contributed by atoms with E-state index in [2.05, 4.69) is 0 Å². The van der Waals surface area contributed by atoms with Crippen molar-refractivity contribution < 1.29 is 24.2 Å². The van der Waals surface area contributed by atoms with Crippen molar-refractivity contribution in [2.45, 2.75) is 6.61 Å². The zero-order valence-corrected chi connectivity index (χ0v) is 11.4. The van der Waals surface area contributed by atoms with Gasteiger partial charge in [0.05, 0.1) is 18.2 Å². The lowest BCUT2D eigenvalue weighted by atomic mass is 10.1. The van der Waals surface area contributed by atoms with Crippen molar-refractivity contribution in [3.63, 3.8) is 0 Å². The lowest BCUT2D eigenvalue weighted by Crippen LogP contribution is -2.04. The molecule has 2 rings (SSSR count). The Hall–Kier alpha value is -2.82. The first-order valence-electron chi connectivity index (χ1n) is 6.23. The highest BCUT2D eigenvalue weighted by Crippen LogP contribution is 2.32. The third-order valence-electron chi connectivity index (χ3n) is 2.90. The van der Waals surface area contributed by atoms with E-state index < -0.39 is 5.97 Å². The molecule has 0 atom stereocenters. The third kappa shape index (κ3) is 3.39. The summed E-state index contributed by atoms with van der Waals surface area (Å²) >= 11 is 0. The summed E-state index contributed by atoms with van der Waals surface area (Å²) in [7, 11) is 1.39. The van der Waals surface area contributed by atoms with Gasteiger partial charge in [-0.2, -0.15) is 0 Å². The normalized spacial score (nSPS) is 9.95. The fourth-order valence-electron chi connectivity index (χ4n) is 1.87. The van der Waals surface area contributed by atoms with Gasteiger partial charge >= 0.3 is 5.97 Å². The molecule has 0 saturated carbocycles. The molecule has 0 amide bonds. The molecule has 0 bridgehead atoms. The predicted octanol–water partition coefficient (Wildman–Crippen LogP) is 2.78. The molecule has 0 saturated heterocycles. The zero-order valence-electron chi connectivity index (χ0n) is 11.4. The van der Waals surface area contributed by atoms with Gasteiger partial charge in [-0.05, 0) is 17.7 Å². The van der Waals surface area contributed by atoms with Crippen molar-refractivity contribution in [3.8, 4) is 11.5 Å². The van der Waals surface area contributed by atoms with E-state index in [1.807, 2.05) is 30.3 Å². The number of hydrogen-bond donors (Lipinski definition) is 1. The average Bonchev–Trinajstić information content (AvgIpc) is 2.52. The van der Waals surface area contributed by atoms with Crippen molar-refractivity contribution in [3.05, 3.63) is 59.2 Å². The van der Waals surface area contributed by atoms with Crippen LogP contribution < -0.4 is 9.47 Å². The van der Waals surface area contributed by atoms with Crippen molar-refractivity contribution in [2.24, 2.45) is 0 Å². The first kappa shape index (κ1) is 14.6. The molecular weight excluding hydrogens is 272 g/mol. The standard InChI is InChI=1S/C16H14O5/c1-20-14-8-12(16(18)19)7-13(9-17)15(14)21-10-11-5-3-2-4-6-11/h2-9H,10H2,1H3,(H,18,19). The Balaban J connectivity index is 2.33. The molecule has 0 aliphatic carbocycles. The Morgan fingerprint density at radius 3 is 2.52 bits per heavy atom.